The minimum atomic E-state index is -0.366. The molecule has 19 heavy (non-hydrogen) atoms. The Morgan fingerprint density at radius 2 is 1.37 bits per heavy atom. The Hall–Kier alpha value is -1.10. The molecular formula is C14H29N3O2. The van der Waals surface area contributed by atoms with Crippen LogP contribution in [0.5, 0.6) is 0 Å². The number of carbonyl (C=O) groups is 2. The summed E-state index contributed by atoms with van der Waals surface area (Å²) in [6, 6.07) is -0.730. The van der Waals surface area contributed by atoms with Crippen molar-refractivity contribution >= 4 is 11.8 Å². The van der Waals surface area contributed by atoms with Gasteiger partial charge in [0.2, 0.25) is 11.8 Å². The van der Waals surface area contributed by atoms with Crippen LogP contribution in [0, 0.1) is 5.92 Å². The number of carbonyl (C=O) groups excluding carboxylic acids is 2. The van der Waals surface area contributed by atoms with E-state index in [0.717, 1.165) is 12.8 Å². The molecule has 0 aromatic rings. The van der Waals surface area contributed by atoms with E-state index in [4.69, 9.17) is 0 Å². The van der Waals surface area contributed by atoms with Crippen LogP contribution in [0.1, 0.15) is 47.5 Å². The average Bonchev–Trinajstić information content (AvgIpc) is 2.34. The third-order valence-corrected chi connectivity index (χ3v) is 2.86. The lowest BCUT2D eigenvalue weighted by atomic mass is 10.1. The Labute approximate surface area is 116 Å². The molecule has 0 spiro atoms. The molecule has 0 aliphatic carbocycles. The van der Waals surface area contributed by atoms with Crippen LogP contribution in [-0.4, -0.2) is 37.0 Å². The van der Waals surface area contributed by atoms with Gasteiger partial charge >= 0.3 is 0 Å². The van der Waals surface area contributed by atoms with Crippen LogP contribution < -0.4 is 16.0 Å². The summed E-state index contributed by atoms with van der Waals surface area (Å²) in [4.78, 5) is 23.4. The summed E-state index contributed by atoms with van der Waals surface area (Å²) in [7, 11) is 0. The second kappa shape index (κ2) is 9.78. The van der Waals surface area contributed by atoms with Crippen molar-refractivity contribution in [3.8, 4) is 0 Å². The normalized spacial score (nSPS) is 14.0. The molecule has 0 aliphatic rings. The van der Waals surface area contributed by atoms with Crippen LogP contribution in [-0.2, 0) is 9.59 Å². The van der Waals surface area contributed by atoms with Gasteiger partial charge in [0.1, 0.15) is 0 Å². The van der Waals surface area contributed by atoms with Gasteiger partial charge in [0.15, 0.2) is 0 Å². The van der Waals surface area contributed by atoms with E-state index in [2.05, 4.69) is 29.8 Å². The summed E-state index contributed by atoms with van der Waals surface area (Å²) in [6.45, 7) is 11.1. The van der Waals surface area contributed by atoms with Crippen molar-refractivity contribution in [3.63, 3.8) is 0 Å². The monoisotopic (exact) mass is 271 g/mol. The summed E-state index contributed by atoms with van der Waals surface area (Å²) in [5, 5.41) is 8.67. The number of amides is 2. The van der Waals surface area contributed by atoms with Crippen LogP contribution in [0.25, 0.3) is 0 Å². The number of rotatable bonds is 9. The van der Waals surface area contributed by atoms with Gasteiger partial charge in [-0.2, -0.15) is 0 Å². The molecule has 0 rings (SSSR count). The number of nitrogens with one attached hydrogen (secondary N) is 3. The average molecular weight is 271 g/mol. The maximum absolute atomic E-state index is 11.8. The lowest BCUT2D eigenvalue weighted by Crippen LogP contribution is -2.51. The molecule has 112 valence electrons. The zero-order valence-electron chi connectivity index (χ0n) is 12.9. The first-order valence-electron chi connectivity index (χ1n) is 7.19. The van der Waals surface area contributed by atoms with Gasteiger partial charge in [-0.25, -0.2) is 0 Å². The SMILES string of the molecule is CCCNC(=O)C(C)NC(C)C(=O)NCCC(C)C. The zero-order chi connectivity index (χ0) is 14.8. The van der Waals surface area contributed by atoms with E-state index in [1.54, 1.807) is 13.8 Å². The van der Waals surface area contributed by atoms with E-state index >= 15 is 0 Å². The van der Waals surface area contributed by atoms with Crippen LogP contribution in [0.4, 0.5) is 0 Å². The largest absolute Gasteiger partial charge is 0.355 e. The van der Waals surface area contributed by atoms with Gasteiger partial charge in [0, 0.05) is 13.1 Å². The van der Waals surface area contributed by atoms with Gasteiger partial charge in [-0.3, -0.25) is 14.9 Å². The predicted octanol–water partition coefficient (Wildman–Crippen LogP) is 1.04. The Morgan fingerprint density at radius 1 is 0.895 bits per heavy atom. The molecule has 0 aromatic carbocycles. The van der Waals surface area contributed by atoms with Crippen LogP contribution >= 0.6 is 0 Å². The summed E-state index contributed by atoms with van der Waals surface area (Å²) < 4.78 is 0. The highest BCUT2D eigenvalue weighted by Gasteiger charge is 2.19. The summed E-state index contributed by atoms with van der Waals surface area (Å²) in [6.07, 6.45) is 1.87. The fourth-order valence-corrected chi connectivity index (χ4v) is 1.56. The molecule has 0 aromatic heterocycles. The molecule has 3 N–H and O–H groups in total. The zero-order valence-corrected chi connectivity index (χ0v) is 12.9. The molecule has 0 aliphatic heterocycles. The highest BCUT2D eigenvalue weighted by Crippen LogP contribution is 1.97. The van der Waals surface area contributed by atoms with Gasteiger partial charge in [-0.05, 0) is 32.6 Å². The van der Waals surface area contributed by atoms with Crippen molar-refractivity contribution in [2.24, 2.45) is 5.92 Å². The van der Waals surface area contributed by atoms with Crippen molar-refractivity contribution in [1.29, 1.82) is 0 Å². The summed E-state index contributed by atoms with van der Waals surface area (Å²) in [5.74, 6) is 0.446. The fourth-order valence-electron chi connectivity index (χ4n) is 1.56. The van der Waals surface area contributed by atoms with Gasteiger partial charge in [-0.1, -0.05) is 20.8 Å². The van der Waals surface area contributed by atoms with Crippen molar-refractivity contribution in [1.82, 2.24) is 16.0 Å². The van der Waals surface area contributed by atoms with E-state index < -0.39 is 0 Å². The maximum atomic E-state index is 11.8. The Morgan fingerprint density at radius 3 is 1.79 bits per heavy atom. The quantitative estimate of drug-likeness (QED) is 0.587. The Bertz CT molecular complexity index is 280. The molecule has 5 nitrogen and oxygen atoms in total. The van der Waals surface area contributed by atoms with Crippen molar-refractivity contribution in [2.45, 2.75) is 59.5 Å². The lowest BCUT2D eigenvalue weighted by molar-refractivity contribution is -0.125. The molecule has 0 saturated heterocycles. The number of hydrogen-bond acceptors (Lipinski definition) is 3. The first-order valence-corrected chi connectivity index (χ1v) is 7.19. The van der Waals surface area contributed by atoms with Gasteiger partial charge in [0.05, 0.1) is 12.1 Å². The first-order chi connectivity index (χ1) is 8.88. The highest BCUT2D eigenvalue weighted by atomic mass is 16.2. The Kier molecular flexibility index (Phi) is 9.21. The smallest absolute Gasteiger partial charge is 0.236 e. The standard InChI is InChI=1S/C14H29N3O2/c1-6-8-15-13(18)11(4)17-12(5)14(19)16-9-7-10(2)3/h10-12,17H,6-9H2,1-5H3,(H,15,18)(H,16,19). The van der Waals surface area contributed by atoms with Crippen molar-refractivity contribution in [3.05, 3.63) is 0 Å². The molecule has 0 fully saturated rings. The van der Waals surface area contributed by atoms with Gasteiger partial charge in [-0.15, -0.1) is 0 Å². The molecule has 0 heterocycles. The molecule has 2 atom stereocenters. The van der Waals surface area contributed by atoms with Crippen molar-refractivity contribution < 1.29 is 9.59 Å². The minimum Gasteiger partial charge on any atom is -0.355 e. The van der Waals surface area contributed by atoms with Gasteiger partial charge < -0.3 is 10.6 Å². The van der Waals surface area contributed by atoms with E-state index in [0.29, 0.717) is 19.0 Å². The molecule has 5 heteroatoms. The van der Waals surface area contributed by atoms with Crippen LogP contribution in [0.2, 0.25) is 0 Å². The fraction of sp³-hybridized carbons (Fsp3) is 0.857. The third-order valence-electron chi connectivity index (χ3n) is 2.86. The molecular weight excluding hydrogens is 242 g/mol. The molecule has 2 unspecified atom stereocenters. The summed E-state index contributed by atoms with van der Waals surface area (Å²) >= 11 is 0. The second-order valence-corrected chi connectivity index (χ2v) is 5.37. The second-order valence-electron chi connectivity index (χ2n) is 5.37. The van der Waals surface area contributed by atoms with E-state index in [-0.39, 0.29) is 23.9 Å². The molecule has 2 amide bonds. The molecule has 0 radical (unpaired) electrons. The maximum Gasteiger partial charge on any atom is 0.236 e. The van der Waals surface area contributed by atoms with Crippen molar-refractivity contribution in [2.75, 3.05) is 13.1 Å². The van der Waals surface area contributed by atoms with Gasteiger partial charge in [0.25, 0.3) is 0 Å². The topological polar surface area (TPSA) is 70.2 Å². The van der Waals surface area contributed by atoms with E-state index in [9.17, 15) is 9.59 Å². The number of hydrogen-bond donors (Lipinski definition) is 3. The first kappa shape index (κ1) is 17.9. The third kappa shape index (κ3) is 8.59. The van der Waals surface area contributed by atoms with Crippen LogP contribution in [0.3, 0.4) is 0 Å². The predicted molar refractivity (Wildman–Crippen MR) is 77.8 cm³/mol. The van der Waals surface area contributed by atoms with E-state index in [1.807, 2.05) is 6.92 Å². The molecule has 0 bridgehead atoms. The minimum absolute atomic E-state index is 0.0595. The summed E-state index contributed by atoms with van der Waals surface area (Å²) in [5.41, 5.74) is 0. The highest BCUT2D eigenvalue weighted by molar-refractivity contribution is 5.84. The Balaban J connectivity index is 3.96. The molecule has 0 saturated carbocycles. The lowest BCUT2D eigenvalue weighted by Gasteiger charge is -2.19. The van der Waals surface area contributed by atoms with Crippen LogP contribution in [0.15, 0.2) is 0 Å². The van der Waals surface area contributed by atoms with E-state index in [1.165, 1.54) is 0 Å².